The van der Waals surface area contributed by atoms with Gasteiger partial charge in [-0.15, -0.1) is 0 Å². The summed E-state index contributed by atoms with van der Waals surface area (Å²) < 4.78 is 35.7. The van der Waals surface area contributed by atoms with Crippen molar-refractivity contribution in [3.05, 3.63) is 30.2 Å². The first-order chi connectivity index (χ1) is 9.95. The smallest absolute Gasteiger partial charge is 0.244 e. The van der Waals surface area contributed by atoms with Gasteiger partial charge in [-0.05, 0) is 38.1 Å². The van der Waals surface area contributed by atoms with E-state index >= 15 is 0 Å². The Kier molecular flexibility index (Phi) is 4.59. The maximum Gasteiger partial charge on any atom is 0.244 e. The van der Waals surface area contributed by atoms with Crippen molar-refractivity contribution >= 4 is 10.0 Å². The minimum Gasteiger partial charge on any atom is -0.497 e. The lowest BCUT2D eigenvalue weighted by molar-refractivity contribution is 0.354. The quantitative estimate of drug-likeness (QED) is 0.873. The van der Waals surface area contributed by atoms with E-state index in [0.29, 0.717) is 5.82 Å². The van der Waals surface area contributed by atoms with Crippen LogP contribution in [-0.4, -0.2) is 31.4 Å². The second-order valence-electron chi connectivity index (χ2n) is 4.43. The second kappa shape index (κ2) is 6.23. The Labute approximate surface area is 123 Å². The van der Waals surface area contributed by atoms with Crippen molar-refractivity contribution < 1.29 is 17.7 Å². The number of rotatable bonds is 6. The molecule has 1 N–H and O–H groups in total. The summed E-state index contributed by atoms with van der Waals surface area (Å²) in [5.41, 5.74) is 0.761. The molecule has 114 valence electrons. The fourth-order valence-corrected chi connectivity index (χ4v) is 2.48. The van der Waals surface area contributed by atoms with E-state index in [0.717, 1.165) is 11.3 Å². The van der Waals surface area contributed by atoms with Gasteiger partial charge in [0.05, 0.1) is 18.9 Å². The van der Waals surface area contributed by atoms with Crippen LogP contribution in [0.15, 0.2) is 28.8 Å². The molecule has 1 aromatic carbocycles. The van der Waals surface area contributed by atoms with Crippen LogP contribution in [0.25, 0.3) is 11.4 Å². The summed E-state index contributed by atoms with van der Waals surface area (Å²) in [5, 5.41) is 3.86. The first-order valence-electron chi connectivity index (χ1n) is 6.43. The lowest BCUT2D eigenvalue weighted by Gasteiger charge is -2.08. The zero-order valence-electron chi connectivity index (χ0n) is 12.0. The Bertz CT molecular complexity index is 694. The van der Waals surface area contributed by atoms with Gasteiger partial charge in [-0.2, -0.15) is 4.98 Å². The van der Waals surface area contributed by atoms with Crippen LogP contribution < -0.4 is 9.46 Å². The number of hydrogen-bond acceptors (Lipinski definition) is 6. The Morgan fingerprint density at radius 1 is 1.33 bits per heavy atom. The lowest BCUT2D eigenvalue weighted by atomic mass is 10.2. The average Bonchev–Trinajstić information content (AvgIpc) is 2.97. The fraction of sp³-hybridized carbons (Fsp3) is 0.385. The molecular formula is C13H17N3O4S. The summed E-state index contributed by atoms with van der Waals surface area (Å²) in [7, 11) is -1.74. The molecule has 0 radical (unpaired) electrons. The molecule has 8 heteroatoms. The minimum absolute atomic E-state index is 0.00316. The molecule has 1 aromatic heterocycles. The van der Waals surface area contributed by atoms with Gasteiger partial charge in [-0.3, -0.25) is 0 Å². The minimum atomic E-state index is -3.33. The molecule has 2 aromatic rings. The normalized spacial score (nSPS) is 13.1. The number of methoxy groups -OCH3 is 1. The van der Waals surface area contributed by atoms with Crippen LogP contribution in [0.2, 0.25) is 0 Å². The molecule has 21 heavy (non-hydrogen) atoms. The van der Waals surface area contributed by atoms with Gasteiger partial charge in [0.1, 0.15) is 5.75 Å². The molecule has 0 aliphatic carbocycles. The van der Waals surface area contributed by atoms with E-state index in [-0.39, 0.29) is 11.6 Å². The van der Waals surface area contributed by atoms with E-state index in [2.05, 4.69) is 14.9 Å². The zero-order valence-corrected chi connectivity index (χ0v) is 12.8. The summed E-state index contributed by atoms with van der Waals surface area (Å²) in [6.07, 6.45) is 0. The second-order valence-corrected chi connectivity index (χ2v) is 6.47. The molecule has 0 spiro atoms. The van der Waals surface area contributed by atoms with Crippen LogP contribution in [0.3, 0.4) is 0 Å². The highest BCUT2D eigenvalue weighted by atomic mass is 32.2. The van der Waals surface area contributed by atoms with Crippen molar-refractivity contribution in [2.45, 2.75) is 19.9 Å². The maximum atomic E-state index is 11.5. The summed E-state index contributed by atoms with van der Waals surface area (Å²) in [5.74, 6) is 1.34. The molecule has 0 aliphatic heterocycles. The third-order valence-corrected chi connectivity index (χ3v) is 4.37. The first-order valence-corrected chi connectivity index (χ1v) is 8.08. The van der Waals surface area contributed by atoms with E-state index < -0.39 is 16.1 Å². The predicted molar refractivity (Wildman–Crippen MR) is 77.3 cm³/mol. The molecule has 0 fully saturated rings. The van der Waals surface area contributed by atoms with Gasteiger partial charge in [0, 0.05) is 5.56 Å². The van der Waals surface area contributed by atoms with Gasteiger partial charge in [0.15, 0.2) is 0 Å². The third kappa shape index (κ3) is 3.79. The number of sulfonamides is 1. The maximum absolute atomic E-state index is 11.5. The average molecular weight is 311 g/mol. The molecule has 7 nitrogen and oxygen atoms in total. The molecule has 0 saturated carbocycles. The Balaban J connectivity index is 2.17. The highest BCUT2D eigenvalue weighted by Crippen LogP contribution is 2.21. The highest BCUT2D eigenvalue weighted by molar-refractivity contribution is 7.89. The van der Waals surface area contributed by atoms with Crippen LogP contribution in [0.1, 0.15) is 25.8 Å². The summed E-state index contributed by atoms with van der Waals surface area (Å²) in [4.78, 5) is 4.21. The van der Waals surface area contributed by atoms with Crippen LogP contribution >= 0.6 is 0 Å². The number of ether oxygens (including phenoxy) is 1. The van der Waals surface area contributed by atoms with Crippen LogP contribution in [0, 0.1) is 0 Å². The van der Waals surface area contributed by atoms with Gasteiger partial charge in [0.2, 0.25) is 21.7 Å². The number of nitrogens with zero attached hydrogens (tertiary/aromatic N) is 2. The van der Waals surface area contributed by atoms with Crippen LogP contribution in [0.4, 0.5) is 0 Å². The lowest BCUT2D eigenvalue weighted by Crippen LogP contribution is -2.28. The van der Waals surface area contributed by atoms with Crippen molar-refractivity contribution in [2.75, 3.05) is 12.9 Å². The van der Waals surface area contributed by atoms with Gasteiger partial charge in [-0.1, -0.05) is 5.16 Å². The molecule has 1 atom stereocenters. The Hall–Kier alpha value is -1.93. The molecule has 0 bridgehead atoms. The topological polar surface area (TPSA) is 94.3 Å². The molecule has 0 amide bonds. The van der Waals surface area contributed by atoms with E-state index in [1.165, 1.54) is 0 Å². The van der Waals surface area contributed by atoms with E-state index in [1.54, 1.807) is 45.2 Å². The van der Waals surface area contributed by atoms with Crippen molar-refractivity contribution in [1.29, 1.82) is 0 Å². The van der Waals surface area contributed by atoms with E-state index in [1.807, 2.05) is 0 Å². The molecular weight excluding hydrogens is 294 g/mol. The van der Waals surface area contributed by atoms with Gasteiger partial charge >= 0.3 is 0 Å². The monoisotopic (exact) mass is 311 g/mol. The van der Waals surface area contributed by atoms with E-state index in [4.69, 9.17) is 9.26 Å². The van der Waals surface area contributed by atoms with Crippen molar-refractivity contribution in [2.24, 2.45) is 0 Å². The SMILES string of the molecule is CCS(=O)(=O)NC(C)c1nc(-c2ccc(OC)cc2)no1. The van der Waals surface area contributed by atoms with Crippen molar-refractivity contribution in [3.8, 4) is 17.1 Å². The number of aromatic nitrogens is 2. The molecule has 0 saturated heterocycles. The summed E-state index contributed by atoms with van der Waals surface area (Å²) >= 11 is 0. The summed E-state index contributed by atoms with van der Waals surface area (Å²) in [6.45, 7) is 3.21. The van der Waals surface area contributed by atoms with Gasteiger partial charge in [0.25, 0.3) is 0 Å². The first kappa shape index (κ1) is 15.5. The number of benzene rings is 1. The van der Waals surface area contributed by atoms with Crippen LogP contribution in [-0.2, 0) is 10.0 Å². The summed E-state index contributed by atoms with van der Waals surface area (Å²) in [6, 6.07) is 6.60. The largest absolute Gasteiger partial charge is 0.497 e. The molecule has 2 rings (SSSR count). The van der Waals surface area contributed by atoms with Gasteiger partial charge in [-0.25, -0.2) is 13.1 Å². The molecule has 0 aliphatic rings. The fourth-order valence-electron chi connectivity index (χ4n) is 1.67. The highest BCUT2D eigenvalue weighted by Gasteiger charge is 2.19. The standard InChI is InChI=1S/C13H17N3O4S/c1-4-21(17,18)16-9(2)13-14-12(15-20-13)10-5-7-11(19-3)8-6-10/h5-9,16H,4H2,1-3H3. The van der Waals surface area contributed by atoms with Gasteiger partial charge < -0.3 is 9.26 Å². The van der Waals surface area contributed by atoms with E-state index in [9.17, 15) is 8.42 Å². The predicted octanol–water partition coefficient (Wildman–Crippen LogP) is 1.75. The van der Waals surface area contributed by atoms with Crippen molar-refractivity contribution in [3.63, 3.8) is 0 Å². The van der Waals surface area contributed by atoms with Crippen molar-refractivity contribution in [1.82, 2.24) is 14.9 Å². The number of hydrogen-bond donors (Lipinski definition) is 1. The zero-order chi connectivity index (χ0) is 15.5. The molecule has 1 unspecified atom stereocenters. The number of nitrogens with one attached hydrogen (secondary N) is 1. The Morgan fingerprint density at radius 2 is 2.00 bits per heavy atom. The third-order valence-electron chi connectivity index (χ3n) is 2.90. The Morgan fingerprint density at radius 3 is 2.57 bits per heavy atom. The molecule has 1 heterocycles. The van der Waals surface area contributed by atoms with Crippen LogP contribution in [0.5, 0.6) is 5.75 Å².